The van der Waals surface area contributed by atoms with E-state index in [0.717, 1.165) is 5.56 Å². The molecule has 0 atom stereocenters. The minimum atomic E-state index is -0.285. The summed E-state index contributed by atoms with van der Waals surface area (Å²) >= 11 is 0. The van der Waals surface area contributed by atoms with E-state index in [1.165, 1.54) is 38.2 Å². The summed E-state index contributed by atoms with van der Waals surface area (Å²) in [7, 11) is 3.06. The molecule has 0 aliphatic heterocycles. The lowest BCUT2D eigenvalue weighted by molar-refractivity contribution is -0.121. The molecular formula is C21H25FN2O4. The number of methoxy groups -OCH3 is 2. The Balaban J connectivity index is 1.89. The van der Waals surface area contributed by atoms with Crippen LogP contribution in [0.25, 0.3) is 0 Å². The fraction of sp³-hybridized carbons (Fsp3) is 0.333. The first-order valence-corrected chi connectivity index (χ1v) is 8.96. The van der Waals surface area contributed by atoms with E-state index < -0.39 is 0 Å². The normalized spacial score (nSPS) is 10.3. The first kappa shape index (κ1) is 21.2. The molecule has 0 spiro atoms. The van der Waals surface area contributed by atoms with E-state index in [4.69, 9.17) is 9.47 Å². The Bertz CT molecular complexity index is 809. The molecule has 150 valence electrons. The van der Waals surface area contributed by atoms with Crippen molar-refractivity contribution in [1.29, 1.82) is 0 Å². The molecular weight excluding hydrogens is 363 g/mol. The molecule has 6 nitrogen and oxygen atoms in total. The first-order chi connectivity index (χ1) is 13.4. The van der Waals surface area contributed by atoms with Crippen LogP contribution in [0, 0.1) is 5.82 Å². The quantitative estimate of drug-likeness (QED) is 0.717. The van der Waals surface area contributed by atoms with E-state index in [2.05, 4.69) is 5.32 Å². The standard InChI is InChI=1S/C21H25FN2O4/c1-15(25)24(18-8-9-19(27-2)20(14-18)28-3)13-11-21(26)23-12-10-16-4-6-17(22)7-5-16/h4-9,14H,10-13H2,1-3H3,(H,23,26). The van der Waals surface area contributed by atoms with Crippen molar-refractivity contribution >= 4 is 17.5 Å². The summed E-state index contributed by atoms with van der Waals surface area (Å²) in [6, 6.07) is 11.3. The SMILES string of the molecule is COc1ccc(N(CCC(=O)NCCc2ccc(F)cc2)C(C)=O)cc1OC. The second kappa shape index (κ2) is 10.3. The average molecular weight is 388 g/mol. The minimum absolute atomic E-state index is 0.158. The number of anilines is 1. The van der Waals surface area contributed by atoms with Crippen molar-refractivity contribution in [2.24, 2.45) is 0 Å². The van der Waals surface area contributed by atoms with E-state index in [1.54, 1.807) is 30.3 Å². The zero-order valence-corrected chi connectivity index (χ0v) is 16.3. The van der Waals surface area contributed by atoms with E-state index >= 15 is 0 Å². The van der Waals surface area contributed by atoms with Crippen LogP contribution in [0.15, 0.2) is 42.5 Å². The van der Waals surface area contributed by atoms with Crippen LogP contribution in [0.2, 0.25) is 0 Å². The van der Waals surface area contributed by atoms with Crippen LogP contribution in [0.3, 0.4) is 0 Å². The van der Waals surface area contributed by atoms with Crippen LogP contribution >= 0.6 is 0 Å². The lowest BCUT2D eigenvalue weighted by Crippen LogP contribution is -2.34. The summed E-state index contributed by atoms with van der Waals surface area (Å²) in [6.07, 6.45) is 0.773. The van der Waals surface area contributed by atoms with Gasteiger partial charge in [0.1, 0.15) is 5.82 Å². The maximum absolute atomic E-state index is 12.9. The zero-order valence-electron chi connectivity index (χ0n) is 16.3. The predicted octanol–water partition coefficient (Wildman–Crippen LogP) is 2.94. The van der Waals surface area contributed by atoms with Gasteiger partial charge in [-0.05, 0) is 36.2 Å². The highest BCUT2D eigenvalue weighted by Crippen LogP contribution is 2.31. The van der Waals surface area contributed by atoms with Crippen LogP contribution in [0.1, 0.15) is 18.9 Å². The third kappa shape index (κ3) is 5.97. The molecule has 28 heavy (non-hydrogen) atoms. The molecule has 0 aliphatic rings. The molecule has 1 N–H and O–H groups in total. The molecule has 0 unspecified atom stereocenters. The lowest BCUT2D eigenvalue weighted by atomic mass is 10.1. The van der Waals surface area contributed by atoms with E-state index in [-0.39, 0.29) is 30.6 Å². The molecule has 0 bridgehead atoms. The van der Waals surface area contributed by atoms with Crippen LogP contribution < -0.4 is 19.7 Å². The number of hydrogen-bond acceptors (Lipinski definition) is 4. The molecule has 2 aromatic rings. The molecule has 0 heterocycles. The van der Waals surface area contributed by atoms with Crippen molar-refractivity contribution in [3.63, 3.8) is 0 Å². The second-order valence-corrected chi connectivity index (χ2v) is 6.19. The van der Waals surface area contributed by atoms with Crippen LogP contribution in [-0.2, 0) is 16.0 Å². The van der Waals surface area contributed by atoms with Gasteiger partial charge in [0.2, 0.25) is 11.8 Å². The second-order valence-electron chi connectivity index (χ2n) is 6.19. The van der Waals surface area contributed by atoms with Crippen molar-refractivity contribution < 1.29 is 23.5 Å². The Morgan fingerprint density at radius 3 is 2.32 bits per heavy atom. The van der Waals surface area contributed by atoms with Gasteiger partial charge >= 0.3 is 0 Å². The van der Waals surface area contributed by atoms with Crippen LogP contribution in [0.4, 0.5) is 10.1 Å². The molecule has 0 aliphatic carbocycles. The van der Waals surface area contributed by atoms with Gasteiger partial charge in [0.15, 0.2) is 11.5 Å². The Hall–Kier alpha value is -3.09. The van der Waals surface area contributed by atoms with E-state index in [9.17, 15) is 14.0 Å². The Kier molecular flexibility index (Phi) is 7.80. The van der Waals surface area contributed by atoms with Gasteiger partial charge in [-0.15, -0.1) is 0 Å². The van der Waals surface area contributed by atoms with Crippen molar-refractivity contribution in [3.05, 3.63) is 53.8 Å². The van der Waals surface area contributed by atoms with Gasteiger partial charge in [-0.1, -0.05) is 12.1 Å². The van der Waals surface area contributed by atoms with E-state index in [0.29, 0.717) is 30.2 Å². The van der Waals surface area contributed by atoms with Gasteiger partial charge in [0.25, 0.3) is 0 Å². The Morgan fingerprint density at radius 1 is 1.04 bits per heavy atom. The molecule has 2 amide bonds. The van der Waals surface area contributed by atoms with Crippen LogP contribution in [-0.4, -0.2) is 39.1 Å². The number of nitrogens with zero attached hydrogens (tertiary/aromatic N) is 1. The topological polar surface area (TPSA) is 67.9 Å². The molecule has 7 heteroatoms. The molecule has 0 saturated heterocycles. The number of nitrogens with one attached hydrogen (secondary N) is 1. The molecule has 2 rings (SSSR count). The summed E-state index contributed by atoms with van der Waals surface area (Å²) in [5.41, 5.74) is 1.57. The summed E-state index contributed by atoms with van der Waals surface area (Å²) < 4.78 is 23.4. The zero-order chi connectivity index (χ0) is 20.5. The van der Waals surface area contributed by atoms with Crippen molar-refractivity contribution in [1.82, 2.24) is 5.32 Å². The van der Waals surface area contributed by atoms with Gasteiger partial charge in [0, 0.05) is 38.2 Å². The predicted molar refractivity (Wildman–Crippen MR) is 105 cm³/mol. The van der Waals surface area contributed by atoms with Crippen molar-refractivity contribution in [2.45, 2.75) is 19.8 Å². The van der Waals surface area contributed by atoms with Gasteiger partial charge in [-0.25, -0.2) is 4.39 Å². The summed E-state index contributed by atoms with van der Waals surface area (Å²) in [6.45, 7) is 2.14. The summed E-state index contributed by atoms with van der Waals surface area (Å²) in [4.78, 5) is 25.7. The number of hydrogen-bond donors (Lipinski definition) is 1. The number of carbonyl (C=O) groups is 2. The van der Waals surface area contributed by atoms with Crippen molar-refractivity contribution in [3.8, 4) is 11.5 Å². The van der Waals surface area contributed by atoms with E-state index in [1.807, 2.05) is 0 Å². The van der Waals surface area contributed by atoms with Gasteiger partial charge < -0.3 is 19.7 Å². The molecule has 0 radical (unpaired) electrons. The fourth-order valence-corrected chi connectivity index (χ4v) is 2.76. The maximum Gasteiger partial charge on any atom is 0.223 e. The van der Waals surface area contributed by atoms with Crippen molar-refractivity contribution in [2.75, 3.05) is 32.2 Å². The molecule has 2 aromatic carbocycles. The lowest BCUT2D eigenvalue weighted by Gasteiger charge is -2.22. The number of amides is 2. The third-order valence-corrected chi connectivity index (χ3v) is 4.27. The van der Waals surface area contributed by atoms with Gasteiger partial charge in [-0.2, -0.15) is 0 Å². The number of benzene rings is 2. The fourth-order valence-electron chi connectivity index (χ4n) is 2.76. The average Bonchev–Trinajstić information content (AvgIpc) is 2.69. The number of halogens is 1. The maximum atomic E-state index is 12.9. The van der Waals surface area contributed by atoms with Gasteiger partial charge in [-0.3, -0.25) is 9.59 Å². The highest BCUT2D eigenvalue weighted by molar-refractivity contribution is 5.92. The third-order valence-electron chi connectivity index (χ3n) is 4.27. The monoisotopic (exact) mass is 388 g/mol. The summed E-state index contributed by atoms with van der Waals surface area (Å²) in [5, 5.41) is 2.82. The number of ether oxygens (including phenoxy) is 2. The minimum Gasteiger partial charge on any atom is -0.493 e. The molecule has 0 fully saturated rings. The largest absolute Gasteiger partial charge is 0.493 e. The smallest absolute Gasteiger partial charge is 0.223 e. The van der Waals surface area contributed by atoms with Gasteiger partial charge in [0.05, 0.1) is 14.2 Å². The summed E-state index contributed by atoms with van der Waals surface area (Å²) in [5.74, 6) is 0.454. The first-order valence-electron chi connectivity index (χ1n) is 8.96. The molecule has 0 aromatic heterocycles. The van der Waals surface area contributed by atoms with Crippen LogP contribution in [0.5, 0.6) is 11.5 Å². The number of rotatable bonds is 9. The Morgan fingerprint density at radius 2 is 1.71 bits per heavy atom. The highest BCUT2D eigenvalue weighted by atomic mass is 19.1. The Labute approximate surface area is 164 Å². The molecule has 0 saturated carbocycles. The highest BCUT2D eigenvalue weighted by Gasteiger charge is 2.16. The number of carbonyl (C=O) groups excluding carboxylic acids is 2.